The maximum Gasteiger partial charge on any atom is 0.0475 e. The van der Waals surface area contributed by atoms with E-state index in [1.807, 2.05) is 0 Å². The number of likely N-dealkylation sites (N-methyl/N-ethyl adjacent to an activating group) is 1. The largest absolute Gasteiger partial charge is 0.329 e. The van der Waals surface area contributed by atoms with Crippen LogP contribution in [0, 0.1) is 13.8 Å². The van der Waals surface area contributed by atoms with Crippen LogP contribution in [0.4, 0.5) is 0 Å². The minimum absolute atomic E-state index is 0.370. The van der Waals surface area contributed by atoms with Gasteiger partial charge in [-0.3, -0.25) is 4.90 Å². The Labute approximate surface area is 111 Å². The van der Waals surface area contributed by atoms with Crippen LogP contribution in [0.3, 0.4) is 0 Å². The second-order valence-electron chi connectivity index (χ2n) is 5.66. The summed E-state index contributed by atoms with van der Waals surface area (Å²) in [6.45, 7) is 5.11. The number of nitrogens with zero attached hydrogens (tertiary/aromatic N) is 1. The van der Waals surface area contributed by atoms with Crippen LogP contribution < -0.4 is 5.73 Å². The molecule has 0 heterocycles. The minimum Gasteiger partial charge on any atom is -0.329 e. The zero-order valence-corrected chi connectivity index (χ0v) is 11.9. The van der Waals surface area contributed by atoms with E-state index in [4.69, 9.17) is 5.73 Å². The molecule has 0 aliphatic heterocycles. The quantitative estimate of drug-likeness (QED) is 0.884. The van der Waals surface area contributed by atoms with Crippen LogP contribution in [0.5, 0.6) is 0 Å². The van der Waals surface area contributed by atoms with E-state index in [0.717, 1.165) is 6.04 Å². The molecule has 2 heteroatoms. The van der Waals surface area contributed by atoms with E-state index in [9.17, 15) is 0 Å². The third-order valence-electron chi connectivity index (χ3n) is 4.49. The molecule has 1 unspecified atom stereocenters. The predicted molar refractivity (Wildman–Crippen MR) is 77.7 cm³/mol. The van der Waals surface area contributed by atoms with Crippen molar-refractivity contribution in [2.24, 2.45) is 5.73 Å². The molecule has 2 rings (SSSR count). The van der Waals surface area contributed by atoms with Crippen LogP contribution in [0.25, 0.3) is 0 Å². The number of benzene rings is 1. The zero-order valence-electron chi connectivity index (χ0n) is 11.9. The van der Waals surface area contributed by atoms with E-state index in [2.05, 4.69) is 44.0 Å². The van der Waals surface area contributed by atoms with Gasteiger partial charge in [0.25, 0.3) is 0 Å². The monoisotopic (exact) mass is 246 g/mol. The normalized spacial score (nSPS) is 18.5. The van der Waals surface area contributed by atoms with Crippen molar-refractivity contribution in [1.82, 2.24) is 4.90 Å². The highest BCUT2D eigenvalue weighted by molar-refractivity contribution is 5.36. The third-order valence-corrected chi connectivity index (χ3v) is 4.49. The summed E-state index contributed by atoms with van der Waals surface area (Å²) < 4.78 is 0. The Balaban J connectivity index is 2.27. The molecule has 18 heavy (non-hydrogen) atoms. The predicted octanol–water partition coefficient (Wildman–Crippen LogP) is 3.18. The highest BCUT2D eigenvalue weighted by Crippen LogP contribution is 2.31. The molecule has 2 nitrogen and oxygen atoms in total. The van der Waals surface area contributed by atoms with Gasteiger partial charge in [-0.15, -0.1) is 0 Å². The Bertz CT molecular complexity index is 374. The fourth-order valence-electron chi connectivity index (χ4n) is 3.41. The Morgan fingerprint density at radius 3 is 2.28 bits per heavy atom. The van der Waals surface area contributed by atoms with E-state index in [1.165, 1.54) is 42.4 Å². The molecule has 2 N–H and O–H groups in total. The van der Waals surface area contributed by atoms with Crippen molar-refractivity contribution in [3.63, 3.8) is 0 Å². The van der Waals surface area contributed by atoms with Gasteiger partial charge in [-0.2, -0.15) is 0 Å². The summed E-state index contributed by atoms with van der Waals surface area (Å²) >= 11 is 0. The molecule has 1 aromatic rings. The summed E-state index contributed by atoms with van der Waals surface area (Å²) in [7, 11) is 2.25. The average molecular weight is 246 g/mol. The molecular formula is C16H26N2. The van der Waals surface area contributed by atoms with Gasteiger partial charge in [0.05, 0.1) is 0 Å². The smallest absolute Gasteiger partial charge is 0.0475 e. The van der Waals surface area contributed by atoms with E-state index < -0.39 is 0 Å². The van der Waals surface area contributed by atoms with Crippen LogP contribution in [0.15, 0.2) is 18.2 Å². The molecule has 1 aliphatic rings. The highest BCUT2D eigenvalue weighted by atomic mass is 15.2. The Morgan fingerprint density at radius 1 is 1.22 bits per heavy atom. The molecule has 0 radical (unpaired) electrons. The standard InChI is InChI=1S/C16H26N2/c1-12-7-6-8-13(2)16(12)15(11-17)18(3)14-9-4-5-10-14/h6-8,14-15H,4-5,9-11,17H2,1-3H3. The van der Waals surface area contributed by atoms with Crippen molar-refractivity contribution in [3.8, 4) is 0 Å². The fraction of sp³-hybridized carbons (Fsp3) is 0.625. The van der Waals surface area contributed by atoms with Crippen molar-refractivity contribution in [2.75, 3.05) is 13.6 Å². The lowest BCUT2D eigenvalue weighted by molar-refractivity contribution is 0.178. The molecule has 0 saturated heterocycles. The maximum absolute atomic E-state index is 6.07. The van der Waals surface area contributed by atoms with Crippen molar-refractivity contribution in [1.29, 1.82) is 0 Å². The summed E-state index contributed by atoms with van der Waals surface area (Å²) in [6.07, 6.45) is 5.41. The first kappa shape index (κ1) is 13.6. The third kappa shape index (κ3) is 2.60. The molecule has 0 bridgehead atoms. The average Bonchev–Trinajstić information content (AvgIpc) is 2.87. The van der Waals surface area contributed by atoms with Gasteiger partial charge in [-0.05, 0) is 50.4 Å². The summed E-state index contributed by atoms with van der Waals surface area (Å²) in [6, 6.07) is 7.63. The molecule has 1 aromatic carbocycles. The number of aryl methyl sites for hydroxylation is 2. The minimum atomic E-state index is 0.370. The van der Waals surface area contributed by atoms with Crippen molar-refractivity contribution in [3.05, 3.63) is 34.9 Å². The molecule has 1 fully saturated rings. The summed E-state index contributed by atoms with van der Waals surface area (Å²) in [5, 5.41) is 0. The van der Waals surface area contributed by atoms with Crippen molar-refractivity contribution >= 4 is 0 Å². The number of hydrogen-bond acceptors (Lipinski definition) is 2. The summed E-state index contributed by atoms with van der Waals surface area (Å²) in [5.74, 6) is 0. The molecule has 100 valence electrons. The Morgan fingerprint density at radius 2 is 1.78 bits per heavy atom. The first-order valence-corrected chi connectivity index (χ1v) is 7.13. The van der Waals surface area contributed by atoms with Crippen molar-refractivity contribution < 1.29 is 0 Å². The lowest BCUT2D eigenvalue weighted by Gasteiger charge is -2.34. The van der Waals surface area contributed by atoms with Crippen molar-refractivity contribution in [2.45, 2.75) is 51.6 Å². The van der Waals surface area contributed by atoms with Crippen LogP contribution in [0.2, 0.25) is 0 Å². The van der Waals surface area contributed by atoms with Gasteiger partial charge in [0.2, 0.25) is 0 Å². The highest BCUT2D eigenvalue weighted by Gasteiger charge is 2.27. The maximum atomic E-state index is 6.07. The van der Waals surface area contributed by atoms with Gasteiger partial charge in [0.1, 0.15) is 0 Å². The zero-order chi connectivity index (χ0) is 13.1. The van der Waals surface area contributed by atoms with Gasteiger partial charge in [-0.1, -0.05) is 31.0 Å². The number of nitrogens with two attached hydrogens (primary N) is 1. The molecule has 0 amide bonds. The lowest BCUT2D eigenvalue weighted by Crippen LogP contribution is -2.37. The van der Waals surface area contributed by atoms with Gasteiger partial charge in [-0.25, -0.2) is 0 Å². The Kier molecular flexibility index (Phi) is 4.41. The molecule has 1 atom stereocenters. The lowest BCUT2D eigenvalue weighted by atomic mass is 9.94. The topological polar surface area (TPSA) is 29.3 Å². The SMILES string of the molecule is Cc1cccc(C)c1C(CN)N(C)C1CCCC1. The molecule has 1 aliphatic carbocycles. The first-order chi connectivity index (χ1) is 8.65. The molecule has 0 aromatic heterocycles. The number of rotatable bonds is 4. The summed E-state index contributed by atoms with van der Waals surface area (Å²) in [4.78, 5) is 2.52. The molecular weight excluding hydrogens is 220 g/mol. The van der Waals surface area contributed by atoms with E-state index in [0.29, 0.717) is 12.6 Å². The van der Waals surface area contributed by atoms with Gasteiger partial charge < -0.3 is 5.73 Å². The Hall–Kier alpha value is -0.860. The fourth-order valence-corrected chi connectivity index (χ4v) is 3.41. The van der Waals surface area contributed by atoms with Gasteiger partial charge in [0.15, 0.2) is 0 Å². The van der Waals surface area contributed by atoms with E-state index >= 15 is 0 Å². The van der Waals surface area contributed by atoms with Crippen LogP contribution in [-0.4, -0.2) is 24.5 Å². The van der Waals surface area contributed by atoms with Crippen LogP contribution in [0.1, 0.15) is 48.4 Å². The van der Waals surface area contributed by atoms with E-state index in [1.54, 1.807) is 0 Å². The second-order valence-corrected chi connectivity index (χ2v) is 5.66. The first-order valence-electron chi connectivity index (χ1n) is 7.13. The van der Waals surface area contributed by atoms with Gasteiger partial charge >= 0.3 is 0 Å². The summed E-state index contributed by atoms with van der Waals surface area (Å²) in [5.41, 5.74) is 10.2. The molecule has 0 spiro atoms. The van der Waals surface area contributed by atoms with Crippen LogP contribution >= 0.6 is 0 Å². The van der Waals surface area contributed by atoms with Gasteiger partial charge in [0, 0.05) is 18.6 Å². The van der Waals surface area contributed by atoms with Crippen LogP contribution in [-0.2, 0) is 0 Å². The molecule has 1 saturated carbocycles. The van der Waals surface area contributed by atoms with E-state index in [-0.39, 0.29) is 0 Å². The number of hydrogen-bond donors (Lipinski definition) is 1. The second kappa shape index (κ2) is 5.85.